The Balaban J connectivity index is 0. The number of hydrogen-bond donors (Lipinski definition) is 0. The van der Waals surface area contributed by atoms with Gasteiger partial charge in [-0.3, -0.25) is 0 Å². The highest BCUT2D eigenvalue weighted by molar-refractivity contribution is 5.27. The van der Waals surface area contributed by atoms with Gasteiger partial charge in [-0.2, -0.15) is 13.2 Å². The summed E-state index contributed by atoms with van der Waals surface area (Å²) in [6.45, 7) is 7.34. The molecule has 0 atom stereocenters. The molecule has 0 bridgehead atoms. The van der Waals surface area contributed by atoms with Crippen LogP contribution in [0.2, 0.25) is 0 Å². The third-order valence-electron chi connectivity index (χ3n) is 3.20. The highest BCUT2D eigenvalue weighted by Crippen LogP contribution is 2.24. The van der Waals surface area contributed by atoms with E-state index < -0.39 is 6.68 Å². The fourth-order valence-electron chi connectivity index (χ4n) is 2.27. The Hall–Kier alpha value is -1.19. The maximum Gasteiger partial charge on any atom is 0.379 e. The molecule has 0 aromatic heterocycles. The molecule has 1 fully saturated rings. The lowest BCUT2D eigenvalue weighted by Gasteiger charge is -2.21. The monoisotopic (exact) mass is 334 g/mol. The molecule has 4 heteroatoms. The SMILES string of the molecule is CC.CC.Cc1cccc(OCC2CCCCC2)c1.FC(F)F. The van der Waals surface area contributed by atoms with Gasteiger partial charge in [0.05, 0.1) is 6.61 Å². The second-order valence-electron chi connectivity index (χ2n) is 4.88. The van der Waals surface area contributed by atoms with Crippen molar-refractivity contribution < 1.29 is 17.9 Å². The summed E-state index contributed by atoms with van der Waals surface area (Å²) < 4.78 is 34.8. The first-order chi connectivity index (χ1) is 11.1. The van der Waals surface area contributed by atoms with Crippen molar-refractivity contribution in [3.63, 3.8) is 0 Å². The summed E-state index contributed by atoms with van der Waals surface area (Å²) in [6, 6.07) is 8.33. The molecule has 1 aromatic carbocycles. The van der Waals surface area contributed by atoms with Crippen LogP contribution in [0, 0.1) is 12.8 Å². The van der Waals surface area contributed by atoms with E-state index in [1.165, 1.54) is 37.7 Å². The van der Waals surface area contributed by atoms with E-state index in [4.69, 9.17) is 4.74 Å². The van der Waals surface area contributed by atoms with Gasteiger partial charge >= 0.3 is 6.68 Å². The minimum atomic E-state index is -3.67. The quantitative estimate of drug-likeness (QED) is 0.568. The molecule has 0 amide bonds. The number of ether oxygens (including phenoxy) is 1. The summed E-state index contributed by atoms with van der Waals surface area (Å²) in [7, 11) is 0. The summed E-state index contributed by atoms with van der Waals surface area (Å²) in [5, 5.41) is 0. The molecular weight excluding hydrogens is 301 g/mol. The van der Waals surface area contributed by atoms with E-state index in [-0.39, 0.29) is 0 Å². The molecule has 0 unspecified atom stereocenters. The van der Waals surface area contributed by atoms with E-state index in [1.54, 1.807) is 0 Å². The van der Waals surface area contributed by atoms with Crippen molar-refractivity contribution in [3.8, 4) is 5.75 Å². The molecule has 0 saturated heterocycles. The van der Waals surface area contributed by atoms with E-state index in [1.807, 2.05) is 27.7 Å². The van der Waals surface area contributed by atoms with Gasteiger partial charge in [-0.15, -0.1) is 0 Å². The van der Waals surface area contributed by atoms with Crippen molar-refractivity contribution in [2.75, 3.05) is 6.61 Å². The summed E-state index contributed by atoms with van der Waals surface area (Å²) in [6.07, 6.45) is 6.91. The van der Waals surface area contributed by atoms with E-state index >= 15 is 0 Å². The third kappa shape index (κ3) is 15.5. The van der Waals surface area contributed by atoms with Gasteiger partial charge < -0.3 is 4.74 Å². The summed E-state index contributed by atoms with van der Waals surface area (Å²) in [5.74, 6) is 1.82. The number of rotatable bonds is 3. The van der Waals surface area contributed by atoms with Crippen LogP contribution in [-0.2, 0) is 0 Å². The molecule has 0 heterocycles. The highest BCUT2D eigenvalue weighted by Gasteiger charge is 2.13. The van der Waals surface area contributed by atoms with Gasteiger partial charge in [0.1, 0.15) is 5.75 Å². The smallest absolute Gasteiger partial charge is 0.379 e. The maximum atomic E-state index is 9.67. The minimum absolute atomic E-state index is 0.791. The van der Waals surface area contributed by atoms with Crippen molar-refractivity contribution >= 4 is 0 Å². The van der Waals surface area contributed by atoms with Crippen molar-refractivity contribution in [2.24, 2.45) is 5.92 Å². The summed E-state index contributed by atoms with van der Waals surface area (Å²) in [4.78, 5) is 0. The van der Waals surface area contributed by atoms with Gasteiger partial charge in [0.25, 0.3) is 0 Å². The lowest BCUT2D eigenvalue weighted by molar-refractivity contribution is 0.00819. The topological polar surface area (TPSA) is 9.23 Å². The predicted molar refractivity (Wildman–Crippen MR) is 93.1 cm³/mol. The van der Waals surface area contributed by atoms with E-state index in [0.717, 1.165) is 18.3 Å². The van der Waals surface area contributed by atoms with Crippen molar-refractivity contribution in [1.82, 2.24) is 0 Å². The van der Waals surface area contributed by atoms with Crippen LogP contribution in [0.4, 0.5) is 13.2 Å². The fourth-order valence-corrected chi connectivity index (χ4v) is 2.27. The minimum Gasteiger partial charge on any atom is -0.493 e. The van der Waals surface area contributed by atoms with E-state index in [0.29, 0.717) is 0 Å². The standard InChI is InChI=1S/C14H20O.2C2H6.CHF3/c1-12-6-5-9-14(10-12)15-11-13-7-3-2-4-8-13;2*1-2;2-1(3)4/h5-6,9-10,13H,2-4,7-8,11H2,1H3;2*1-2H3;1H. The van der Waals surface area contributed by atoms with Crippen LogP contribution >= 0.6 is 0 Å². The molecule has 0 N–H and O–H groups in total. The van der Waals surface area contributed by atoms with Gasteiger partial charge in [-0.1, -0.05) is 59.1 Å². The molecule has 0 spiro atoms. The van der Waals surface area contributed by atoms with Gasteiger partial charge in [-0.05, 0) is 43.4 Å². The van der Waals surface area contributed by atoms with Crippen LogP contribution < -0.4 is 4.74 Å². The Kier molecular flexibility index (Phi) is 18.0. The number of halogens is 3. The lowest BCUT2D eigenvalue weighted by Crippen LogP contribution is -2.15. The molecule has 136 valence electrons. The third-order valence-corrected chi connectivity index (χ3v) is 3.20. The van der Waals surface area contributed by atoms with Crippen molar-refractivity contribution in [3.05, 3.63) is 29.8 Å². The molecule has 1 saturated carbocycles. The Morgan fingerprint density at radius 1 is 1.00 bits per heavy atom. The summed E-state index contributed by atoms with van der Waals surface area (Å²) in [5.41, 5.74) is 1.27. The van der Waals surface area contributed by atoms with Crippen LogP contribution in [0.3, 0.4) is 0 Å². The second-order valence-corrected chi connectivity index (χ2v) is 4.88. The molecule has 0 aliphatic heterocycles. The van der Waals surface area contributed by atoms with Crippen LogP contribution in [-0.4, -0.2) is 13.3 Å². The number of aryl methyl sites for hydroxylation is 1. The molecular formula is C19H33F3O. The summed E-state index contributed by atoms with van der Waals surface area (Å²) >= 11 is 0. The van der Waals surface area contributed by atoms with Crippen LogP contribution in [0.25, 0.3) is 0 Å². The van der Waals surface area contributed by atoms with Gasteiger partial charge in [0.15, 0.2) is 0 Å². The van der Waals surface area contributed by atoms with Crippen LogP contribution in [0.1, 0.15) is 65.4 Å². The van der Waals surface area contributed by atoms with Crippen LogP contribution in [0.15, 0.2) is 24.3 Å². The van der Waals surface area contributed by atoms with Crippen LogP contribution in [0.5, 0.6) is 5.75 Å². The lowest BCUT2D eigenvalue weighted by atomic mass is 9.90. The molecule has 23 heavy (non-hydrogen) atoms. The Morgan fingerprint density at radius 2 is 1.52 bits per heavy atom. The second kappa shape index (κ2) is 17.2. The van der Waals surface area contributed by atoms with Crippen molar-refractivity contribution in [2.45, 2.75) is 73.4 Å². The Morgan fingerprint density at radius 3 is 2.00 bits per heavy atom. The average Bonchev–Trinajstić information content (AvgIpc) is 2.57. The maximum absolute atomic E-state index is 9.67. The Bertz CT molecular complexity index is 347. The number of benzene rings is 1. The van der Waals surface area contributed by atoms with E-state index in [9.17, 15) is 13.2 Å². The first-order valence-electron chi connectivity index (χ1n) is 8.69. The van der Waals surface area contributed by atoms with Gasteiger partial charge in [0, 0.05) is 0 Å². The largest absolute Gasteiger partial charge is 0.493 e. The number of hydrogen-bond acceptors (Lipinski definition) is 1. The normalized spacial score (nSPS) is 13.6. The molecule has 0 radical (unpaired) electrons. The zero-order chi connectivity index (χ0) is 18.1. The predicted octanol–water partition coefficient (Wildman–Crippen LogP) is 7.19. The number of alkyl halides is 3. The average molecular weight is 334 g/mol. The van der Waals surface area contributed by atoms with Gasteiger partial charge in [0.2, 0.25) is 0 Å². The first kappa shape index (κ1) is 24.1. The molecule has 1 aliphatic rings. The molecule has 1 aromatic rings. The zero-order valence-corrected chi connectivity index (χ0v) is 15.2. The first-order valence-corrected chi connectivity index (χ1v) is 8.69. The molecule has 1 aliphatic carbocycles. The van der Waals surface area contributed by atoms with E-state index in [2.05, 4.69) is 31.2 Å². The zero-order valence-electron chi connectivity index (χ0n) is 15.2. The Labute approximate surface area is 140 Å². The molecule has 2 rings (SSSR count). The fraction of sp³-hybridized carbons (Fsp3) is 0.684. The highest BCUT2D eigenvalue weighted by atomic mass is 19.4. The van der Waals surface area contributed by atoms with Gasteiger partial charge in [-0.25, -0.2) is 0 Å². The molecule has 1 nitrogen and oxygen atoms in total. The van der Waals surface area contributed by atoms with Crippen molar-refractivity contribution in [1.29, 1.82) is 0 Å².